The molecule has 4 aromatic rings. The summed E-state index contributed by atoms with van der Waals surface area (Å²) in [6, 6.07) is 15.3. The number of hydrogen-bond donors (Lipinski definition) is 1. The van der Waals surface area contributed by atoms with Gasteiger partial charge in [0.25, 0.3) is 0 Å². The van der Waals surface area contributed by atoms with Crippen LogP contribution in [0.25, 0.3) is 22.4 Å². The lowest BCUT2D eigenvalue weighted by Crippen LogP contribution is -2.33. The van der Waals surface area contributed by atoms with E-state index in [4.69, 9.17) is 4.74 Å². The van der Waals surface area contributed by atoms with Gasteiger partial charge in [0.2, 0.25) is 0 Å². The minimum atomic E-state index is -4.38. The van der Waals surface area contributed by atoms with Crippen LogP contribution in [0.1, 0.15) is 30.1 Å². The largest absolute Gasteiger partial charge is 0.497 e. The first-order chi connectivity index (χ1) is 16.9. The van der Waals surface area contributed by atoms with Crippen LogP contribution in [0.15, 0.2) is 73.2 Å². The number of nitrogens with one attached hydrogen (secondary N) is 1. The van der Waals surface area contributed by atoms with Gasteiger partial charge in [-0.2, -0.15) is 13.2 Å². The number of aromatic amines is 1. The molecular weight excluding hydrogens is 453 g/mol. The summed E-state index contributed by atoms with van der Waals surface area (Å²) in [5.74, 6) is 1.85. The zero-order valence-electron chi connectivity index (χ0n) is 19.2. The molecule has 0 amide bonds. The Morgan fingerprint density at radius 2 is 1.77 bits per heavy atom. The predicted molar refractivity (Wildman–Crippen MR) is 129 cm³/mol. The third kappa shape index (κ3) is 4.87. The number of nitrogens with zero attached hydrogens (tertiary/aromatic N) is 3. The molecule has 3 heterocycles. The molecule has 2 aromatic heterocycles. The molecule has 1 aliphatic rings. The lowest BCUT2D eigenvalue weighted by Gasteiger charge is -2.34. The van der Waals surface area contributed by atoms with E-state index in [2.05, 4.69) is 19.9 Å². The Kier molecular flexibility index (Phi) is 6.19. The minimum Gasteiger partial charge on any atom is -0.497 e. The molecule has 0 aliphatic carbocycles. The van der Waals surface area contributed by atoms with Gasteiger partial charge in [0, 0.05) is 54.4 Å². The van der Waals surface area contributed by atoms with Crippen LogP contribution in [0.5, 0.6) is 5.75 Å². The van der Waals surface area contributed by atoms with Crippen molar-refractivity contribution in [1.29, 1.82) is 0 Å². The number of benzene rings is 2. The molecule has 0 unspecified atom stereocenters. The van der Waals surface area contributed by atoms with Gasteiger partial charge >= 0.3 is 6.18 Å². The Hall–Kier alpha value is -3.81. The maximum absolute atomic E-state index is 13.1. The van der Waals surface area contributed by atoms with E-state index >= 15 is 0 Å². The lowest BCUT2D eigenvalue weighted by molar-refractivity contribution is -0.137. The summed E-state index contributed by atoms with van der Waals surface area (Å²) in [5.41, 5.74) is 3.60. The second-order valence-electron chi connectivity index (χ2n) is 8.63. The highest BCUT2D eigenvalue weighted by molar-refractivity contribution is 5.78. The Labute approximate surface area is 201 Å². The van der Waals surface area contributed by atoms with E-state index in [9.17, 15) is 13.2 Å². The molecule has 1 saturated heterocycles. The van der Waals surface area contributed by atoms with E-state index in [0.29, 0.717) is 11.3 Å². The number of H-pyrrole nitrogens is 1. The molecule has 1 fully saturated rings. The quantitative estimate of drug-likeness (QED) is 0.353. The first kappa shape index (κ1) is 23.0. The van der Waals surface area contributed by atoms with Crippen LogP contribution in [0.2, 0.25) is 0 Å². The normalized spacial score (nSPS) is 14.8. The molecule has 5 rings (SSSR count). The van der Waals surface area contributed by atoms with Gasteiger partial charge in [0.05, 0.1) is 18.4 Å². The molecule has 2 aromatic carbocycles. The maximum atomic E-state index is 13.1. The summed E-state index contributed by atoms with van der Waals surface area (Å²) >= 11 is 0. The minimum absolute atomic E-state index is 0.220. The van der Waals surface area contributed by atoms with Crippen LogP contribution >= 0.6 is 0 Å². The van der Waals surface area contributed by atoms with Gasteiger partial charge in [-0.05, 0) is 48.7 Å². The van der Waals surface area contributed by atoms with Crippen LogP contribution in [0.4, 0.5) is 18.9 Å². The van der Waals surface area contributed by atoms with Crippen LogP contribution in [0.3, 0.4) is 0 Å². The molecular formula is C27H25F3N4O. The van der Waals surface area contributed by atoms with Gasteiger partial charge in [0.15, 0.2) is 0 Å². The zero-order chi connectivity index (χ0) is 24.4. The van der Waals surface area contributed by atoms with E-state index in [1.54, 1.807) is 19.4 Å². The third-order valence-corrected chi connectivity index (χ3v) is 6.50. The van der Waals surface area contributed by atoms with Gasteiger partial charge in [-0.25, -0.2) is 4.98 Å². The number of methoxy groups -OCH3 is 1. The fourth-order valence-corrected chi connectivity index (χ4v) is 4.60. The fraction of sp³-hybridized carbons (Fsp3) is 0.259. The van der Waals surface area contributed by atoms with E-state index in [1.807, 2.05) is 42.7 Å². The number of pyridine rings is 1. The summed E-state index contributed by atoms with van der Waals surface area (Å²) < 4.78 is 44.5. The molecule has 8 heteroatoms. The van der Waals surface area contributed by atoms with E-state index in [1.165, 1.54) is 6.07 Å². The average Bonchev–Trinajstić information content (AvgIpc) is 3.39. The second kappa shape index (κ2) is 9.44. The van der Waals surface area contributed by atoms with Crippen molar-refractivity contribution < 1.29 is 17.9 Å². The molecule has 0 spiro atoms. The number of aromatic nitrogens is 3. The number of rotatable bonds is 5. The van der Waals surface area contributed by atoms with E-state index < -0.39 is 11.7 Å². The van der Waals surface area contributed by atoms with Gasteiger partial charge in [-0.3, -0.25) is 4.98 Å². The summed E-state index contributed by atoms with van der Waals surface area (Å²) in [6.45, 7) is 1.69. The molecule has 5 nitrogen and oxygen atoms in total. The zero-order valence-corrected chi connectivity index (χ0v) is 19.2. The van der Waals surface area contributed by atoms with Gasteiger partial charge in [-0.1, -0.05) is 24.3 Å². The standard InChI is InChI=1S/C27H25F3N4O/c1-35-22-7-5-18(6-8-22)23-16-31-12-9-25(23)34-13-10-19(11-14-34)26-32-17-24(33-26)20-3-2-4-21(15-20)27(28,29)30/h2-9,12,15-17,19H,10-11,13-14H2,1H3,(H,32,33). The van der Waals surface area contributed by atoms with Crippen LogP contribution in [0, 0.1) is 0 Å². The SMILES string of the molecule is COc1ccc(-c2cnccc2N2CCC(c3nc(-c4cccc(C(F)(F)F)c4)c[nH]3)CC2)cc1. The highest BCUT2D eigenvalue weighted by Crippen LogP contribution is 2.36. The van der Waals surface area contributed by atoms with Gasteiger partial charge in [-0.15, -0.1) is 0 Å². The van der Waals surface area contributed by atoms with Gasteiger partial charge in [0.1, 0.15) is 11.6 Å². The smallest absolute Gasteiger partial charge is 0.416 e. The van der Waals surface area contributed by atoms with Crippen LogP contribution in [-0.2, 0) is 6.18 Å². The summed E-state index contributed by atoms with van der Waals surface area (Å²) in [4.78, 5) is 14.5. The second-order valence-corrected chi connectivity index (χ2v) is 8.63. The third-order valence-electron chi connectivity index (χ3n) is 6.50. The summed E-state index contributed by atoms with van der Waals surface area (Å²) in [7, 11) is 1.65. The van der Waals surface area contributed by atoms with Crippen molar-refractivity contribution in [2.75, 3.05) is 25.1 Å². The molecule has 35 heavy (non-hydrogen) atoms. The topological polar surface area (TPSA) is 54.0 Å². The average molecular weight is 479 g/mol. The summed E-state index contributed by atoms with van der Waals surface area (Å²) in [6.07, 6.45) is 2.79. The number of hydrogen-bond acceptors (Lipinski definition) is 4. The van der Waals surface area contributed by atoms with Crippen molar-refractivity contribution in [3.8, 4) is 28.1 Å². The van der Waals surface area contributed by atoms with Crippen molar-refractivity contribution in [3.63, 3.8) is 0 Å². The maximum Gasteiger partial charge on any atom is 0.416 e. The molecule has 1 N–H and O–H groups in total. The molecule has 0 bridgehead atoms. The predicted octanol–water partition coefficient (Wildman–Crippen LogP) is 6.55. The Morgan fingerprint density at radius 3 is 2.49 bits per heavy atom. The highest BCUT2D eigenvalue weighted by atomic mass is 19.4. The van der Waals surface area contributed by atoms with Crippen LogP contribution in [-0.4, -0.2) is 35.2 Å². The van der Waals surface area contributed by atoms with E-state index in [-0.39, 0.29) is 5.92 Å². The molecule has 0 atom stereocenters. The Bertz CT molecular complexity index is 1290. The van der Waals surface area contributed by atoms with Crippen molar-refractivity contribution in [2.45, 2.75) is 24.9 Å². The molecule has 180 valence electrons. The molecule has 1 aliphatic heterocycles. The number of anilines is 1. The monoisotopic (exact) mass is 478 g/mol. The first-order valence-electron chi connectivity index (χ1n) is 11.5. The van der Waals surface area contributed by atoms with E-state index in [0.717, 1.165) is 66.5 Å². The van der Waals surface area contributed by atoms with Crippen molar-refractivity contribution in [3.05, 3.63) is 84.6 Å². The number of alkyl halides is 3. The van der Waals surface area contributed by atoms with Crippen molar-refractivity contribution in [1.82, 2.24) is 15.0 Å². The number of ether oxygens (including phenoxy) is 1. The lowest BCUT2D eigenvalue weighted by atomic mass is 9.95. The van der Waals surface area contributed by atoms with Crippen molar-refractivity contribution in [2.24, 2.45) is 0 Å². The number of imidazole rings is 1. The number of piperidine rings is 1. The Morgan fingerprint density at radius 1 is 1.00 bits per heavy atom. The summed E-state index contributed by atoms with van der Waals surface area (Å²) in [5, 5.41) is 0. The first-order valence-corrected chi connectivity index (χ1v) is 11.5. The van der Waals surface area contributed by atoms with Crippen LogP contribution < -0.4 is 9.64 Å². The van der Waals surface area contributed by atoms with Gasteiger partial charge < -0.3 is 14.6 Å². The fourth-order valence-electron chi connectivity index (χ4n) is 4.60. The number of halogens is 3. The highest BCUT2D eigenvalue weighted by Gasteiger charge is 2.31. The molecule has 0 radical (unpaired) electrons. The van der Waals surface area contributed by atoms with Crippen molar-refractivity contribution >= 4 is 5.69 Å². The molecule has 0 saturated carbocycles. The Balaban J connectivity index is 1.30.